The van der Waals surface area contributed by atoms with Crippen molar-refractivity contribution in [3.63, 3.8) is 0 Å². The van der Waals surface area contributed by atoms with Crippen LogP contribution >= 0.6 is 0 Å². The highest BCUT2D eigenvalue weighted by molar-refractivity contribution is 5.66. The summed E-state index contributed by atoms with van der Waals surface area (Å²) in [6.45, 7) is 2.73. The minimum atomic E-state index is -0.305. The van der Waals surface area contributed by atoms with Crippen molar-refractivity contribution < 1.29 is 19.1 Å². The van der Waals surface area contributed by atoms with Crippen LogP contribution < -0.4 is 0 Å². The molecule has 0 amide bonds. The van der Waals surface area contributed by atoms with Gasteiger partial charge in [-0.25, -0.2) is 0 Å². The van der Waals surface area contributed by atoms with Crippen molar-refractivity contribution in [2.24, 2.45) is 0 Å². The number of hydrogen-bond donors (Lipinski definition) is 0. The summed E-state index contributed by atoms with van der Waals surface area (Å²) in [6.07, 6.45) is 10.2. The Morgan fingerprint density at radius 1 is 0.875 bits per heavy atom. The fourth-order valence-corrected chi connectivity index (χ4v) is 0.948. The van der Waals surface area contributed by atoms with E-state index in [0.29, 0.717) is 0 Å². The Morgan fingerprint density at radius 3 is 1.56 bits per heavy atom. The fourth-order valence-electron chi connectivity index (χ4n) is 0.948. The Morgan fingerprint density at radius 2 is 1.25 bits per heavy atom. The molecule has 0 atom stereocenters. The van der Waals surface area contributed by atoms with Gasteiger partial charge < -0.3 is 9.47 Å². The van der Waals surface area contributed by atoms with Crippen molar-refractivity contribution >= 4 is 11.9 Å². The Kier molecular flexibility index (Phi) is 8.97. The first kappa shape index (κ1) is 14.4. The van der Waals surface area contributed by atoms with E-state index in [0.717, 1.165) is 25.7 Å². The molecule has 0 aromatic rings. The van der Waals surface area contributed by atoms with Crippen LogP contribution in [0.2, 0.25) is 0 Å². The van der Waals surface area contributed by atoms with E-state index >= 15 is 0 Å². The topological polar surface area (TPSA) is 52.6 Å². The normalized spacial score (nSPS) is 10.9. The largest absolute Gasteiger partial charge is 0.435 e. The van der Waals surface area contributed by atoms with Crippen molar-refractivity contribution in [2.45, 2.75) is 39.5 Å². The van der Waals surface area contributed by atoms with Crippen LogP contribution in [0.5, 0.6) is 0 Å². The highest BCUT2D eigenvalue weighted by atomic mass is 16.5. The molecule has 0 spiro atoms. The van der Waals surface area contributed by atoms with E-state index in [1.807, 2.05) is 12.2 Å². The lowest BCUT2D eigenvalue weighted by molar-refractivity contribution is -0.136. The van der Waals surface area contributed by atoms with Crippen molar-refractivity contribution in [1.29, 1.82) is 0 Å². The summed E-state index contributed by atoms with van der Waals surface area (Å²) in [5.74, 6) is -0.610. The zero-order valence-electron chi connectivity index (χ0n) is 9.77. The van der Waals surface area contributed by atoms with Crippen molar-refractivity contribution in [3.05, 3.63) is 24.7 Å². The quantitative estimate of drug-likeness (QED) is 0.380. The summed E-state index contributed by atoms with van der Waals surface area (Å²) in [6, 6.07) is 0. The highest BCUT2D eigenvalue weighted by Crippen LogP contribution is 2.01. The standard InChI is InChI=1S/C12H18O4/c1-11(13)15-9-7-5-3-4-6-8-10-16-12(2)14/h7-10H,3-6H2,1-2H3/b9-7-,10-8+. The third kappa shape index (κ3) is 12.4. The van der Waals surface area contributed by atoms with Gasteiger partial charge in [0.1, 0.15) is 0 Å². The monoisotopic (exact) mass is 226 g/mol. The molecule has 0 aliphatic carbocycles. The van der Waals surface area contributed by atoms with Gasteiger partial charge in [0.25, 0.3) is 0 Å². The van der Waals surface area contributed by atoms with Crippen molar-refractivity contribution in [1.82, 2.24) is 0 Å². The van der Waals surface area contributed by atoms with Crippen LogP contribution in [0.1, 0.15) is 39.5 Å². The smallest absolute Gasteiger partial charge is 0.307 e. The molecule has 90 valence electrons. The average Bonchev–Trinajstić information content (AvgIpc) is 2.20. The van der Waals surface area contributed by atoms with Gasteiger partial charge in [-0.05, 0) is 37.8 Å². The van der Waals surface area contributed by atoms with Crippen LogP contribution in [0.15, 0.2) is 24.7 Å². The van der Waals surface area contributed by atoms with Crippen LogP contribution in [0.3, 0.4) is 0 Å². The number of unbranched alkanes of at least 4 members (excludes halogenated alkanes) is 3. The number of ether oxygens (including phenoxy) is 2. The van der Waals surface area contributed by atoms with Crippen LogP contribution in [0.25, 0.3) is 0 Å². The van der Waals surface area contributed by atoms with Crippen LogP contribution in [0, 0.1) is 0 Å². The van der Waals surface area contributed by atoms with E-state index in [9.17, 15) is 9.59 Å². The summed E-state index contributed by atoms with van der Waals surface area (Å²) < 4.78 is 9.24. The van der Waals surface area contributed by atoms with Crippen molar-refractivity contribution in [2.75, 3.05) is 0 Å². The molecule has 0 saturated heterocycles. The zero-order valence-corrected chi connectivity index (χ0v) is 9.77. The Hall–Kier alpha value is -1.58. The molecular formula is C12H18O4. The molecule has 0 heterocycles. The predicted molar refractivity (Wildman–Crippen MR) is 60.3 cm³/mol. The second-order valence-electron chi connectivity index (χ2n) is 3.25. The molecule has 0 aromatic carbocycles. The summed E-state index contributed by atoms with van der Waals surface area (Å²) >= 11 is 0. The second kappa shape index (κ2) is 9.96. The first-order valence-electron chi connectivity index (χ1n) is 5.27. The lowest BCUT2D eigenvalue weighted by Crippen LogP contribution is -1.89. The van der Waals surface area contributed by atoms with Crippen LogP contribution in [-0.4, -0.2) is 11.9 Å². The SMILES string of the molecule is CC(=O)O/C=C\CCCC/C=C/OC(C)=O. The third-order valence-corrected chi connectivity index (χ3v) is 1.65. The minimum absolute atomic E-state index is 0.305. The van der Waals surface area contributed by atoms with Crippen LogP contribution in [0.4, 0.5) is 0 Å². The van der Waals surface area contributed by atoms with Gasteiger partial charge in [0.2, 0.25) is 0 Å². The Labute approximate surface area is 95.9 Å². The molecule has 0 saturated carbocycles. The van der Waals surface area contributed by atoms with E-state index in [-0.39, 0.29) is 11.9 Å². The first-order valence-corrected chi connectivity index (χ1v) is 5.27. The van der Waals surface area contributed by atoms with Gasteiger partial charge in [0.05, 0.1) is 12.5 Å². The van der Waals surface area contributed by atoms with E-state index in [1.54, 1.807) is 0 Å². The van der Waals surface area contributed by atoms with Gasteiger partial charge in [0, 0.05) is 13.8 Å². The van der Waals surface area contributed by atoms with Crippen molar-refractivity contribution in [3.8, 4) is 0 Å². The number of rotatable bonds is 7. The summed E-state index contributed by atoms with van der Waals surface area (Å²) in [7, 11) is 0. The molecule has 4 heteroatoms. The number of carbonyl (C=O) groups excluding carboxylic acids is 2. The molecule has 0 N–H and O–H groups in total. The predicted octanol–water partition coefficient (Wildman–Crippen LogP) is 2.70. The first-order chi connectivity index (χ1) is 7.63. The lowest BCUT2D eigenvalue weighted by Gasteiger charge is -1.94. The molecule has 0 rings (SSSR count). The van der Waals surface area contributed by atoms with E-state index < -0.39 is 0 Å². The van der Waals surface area contributed by atoms with Gasteiger partial charge in [0.15, 0.2) is 0 Å². The molecule has 0 unspecified atom stereocenters. The molecular weight excluding hydrogens is 208 g/mol. The fraction of sp³-hybridized carbons (Fsp3) is 0.500. The Bertz CT molecular complexity index is 238. The van der Waals surface area contributed by atoms with E-state index in [4.69, 9.17) is 0 Å². The van der Waals surface area contributed by atoms with Gasteiger partial charge in [-0.15, -0.1) is 0 Å². The molecule has 0 bridgehead atoms. The van der Waals surface area contributed by atoms with E-state index in [2.05, 4.69) is 9.47 Å². The molecule has 0 fully saturated rings. The molecule has 0 aliphatic heterocycles. The maximum absolute atomic E-state index is 10.4. The summed E-state index contributed by atoms with van der Waals surface area (Å²) in [5.41, 5.74) is 0. The molecule has 0 radical (unpaired) electrons. The number of esters is 2. The second-order valence-corrected chi connectivity index (χ2v) is 3.25. The highest BCUT2D eigenvalue weighted by Gasteiger charge is 1.87. The minimum Gasteiger partial charge on any atom is -0.435 e. The van der Waals surface area contributed by atoms with Gasteiger partial charge in [-0.2, -0.15) is 0 Å². The molecule has 0 aliphatic rings. The summed E-state index contributed by atoms with van der Waals surface area (Å²) in [5, 5.41) is 0. The number of carbonyl (C=O) groups is 2. The third-order valence-electron chi connectivity index (χ3n) is 1.65. The summed E-state index contributed by atoms with van der Waals surface area (Å²) in [4.78, 5) is 20.8. The molecule has 0 aromatic heterocycles. The zero-order chi connectivity index (χ0) is 12.2. The maximum Gasteiger partial charge on any atom is 0.307 e. The maximum atomic E-state index is 10.4. The molecule has 16 heavy (non-hydrogen) atoms. The number of hydrogen-bond acceptors (Lipinski definition) is 4. The van der Waals surface area contributed by atoms with Crippen LogP contribution in [-0.2, 0) is 19.1 Å². The van der Waals surface area contributed by atoms with E-state index in [1.165, 1.54) is 26.4 Å². The molecule has 4 nitrogen and oxygen atoms in total. The average molecular weight is 226 g/mol. The Balaban J connectivity index is 3.27. The number of allylic oxidation sites excluding steroid dienone is 2. The van der Waals surface area contributed by atoms with Gasteiger partial charge in [-0.3, -0.25) is 9.59 Å². The van der Waals surface area contributed by atoms with Gasteiger partial charge in [-0.1, -0.05) is 0 Å². The van der Waals surface area contributed by atoms with Gasteiger partial charge >= 0.3 is 11.9 Å². The lowest BCUT2D eigenvalue weighted by atomic mass is 10.2.